The van der Waals surface area contributed by atoms with Crippen molar-refractivity contribution in [2.75, 3.05) is 26.2 Å². The van der Waals surface area contributed by atoms with Crippen LogP contribution in [0.1, 0.15) is 20.3 Å². The highest BCUT2D eigenvalue weighted by atomic mass is 16.3. The third-order valence-corrected chi connectivity index (χ3v) is 2.41. The molecule has 0 aliphatic carbocycles. The standard InChI is InChI=1S/C8H18N2O/c1-3-9-6-5-8(7-11)10(9)4-2/h8,11H,3-7H2,1-2H3. The Bertz CT molecular complexity index is 107. The Morgan fingerprint density at radius 3 is 2.55 bits per heavy atom. The molecule has 0 aromatic rings. The number of hydrogen-bond donors (Lipinski definition) is 1. The minimum Gasteiger partial charge on any atom is -0.395 e. The molecule has 0 bridgehead atoms. The van der Waals surface area contributed by atoms with Crippen LogP contribution in [0.5, 0.6) is 0 Å². The number of hydrogen-bond acceptors (Lipinski definition) is 3. The van der Waals surface area contributed by atoms with Crippen LogP contribution in [0.3, 0.4) is 0 Å². The van der Waals surface area contributed by atoms with Gasteiger partial charge in [0.2, 0.25) is 0 Å². The van der Waals surface area contributed by atoms with Crippen molar-refractivity contribution in [2.24, 2.45) is 0 Å². The molecule has 1 unspecified atom stereocenters. The molecule has 1 heterocycles. The van der Waals surface area contributed by atoms with E-state index < -0.39 is 0 Å². The maximum atomic E-state index is 9.01. The minimum atomic E-state index is 0.296. The summed E-state index contributed by atoms with van der Waals surface area (Å²) >= 11 is 0. The Labute approximate surface area is 68.6 Å². The fraction of sp³-hybridized carbons (Fsp3) is 1.00. The molecule has 1 aliphatic heterocycles. The van der Waals surface area contributed by atoms with Gasteiger partial charge in [-0.2, -0.15) is 0 Å². The number of rotatable bonds is 3. The molecule has 0 aromatic heterocycles. The number of aliphatic hydroxyl groups excluding tert-OH is 1. The quantitative estimate of drug-likeness (QED) is 0.640. The van der Waals surface area contributed by atoms with E-state index in [-0.39, 0.29) is 0 Å². The van der Waals surface area contributed by atoms with E-state index in [1.54, 1.807) is 0 Å². The van der Waals surface area contributed by atoms with E-state index >= 15 is 0 Å². The Morgan fingerprint density at radius 1 is 1.36 bits per heavy atom. The zero-order valence-electron chi connectivity index (χ0n) is 7.45. The van der Waals surface area contributed by atoms with Crippen LogP contribution in [0.2, 0.25) is 0 Å². The molecule has 0 saturated carbocycles. The normalized spacial score (nSPS) is 28.1. The van der Waals surface area contributed by atoms with Crippen LogP contribution >= 0.6 is 0 Å². The van der Waals surface area contributed by atoms with Gasteiger partial charge in [-0.15, -0.1) is 0 Å². The second-order valence-electron chi connectivity index (χ2n) is 2.93. The van der Waals surface area contributed by atoms with Gasteiger partial charge in [0.05, 0.1) is 6.61 Å². The molecule has 3 nitrogen and oxygen atoms in total. The number of aliphatic hydroxyl groups is 1. The average molecular weight is 158 g/mol. The molecule has 1 saturated heterocycles. The van der Waals surface area contributed by atoms with Crippen LogP contribution in [0.4, 0.5) is 0 Å². The fourth-order valence-electron chi connectivity index (χ4n) is 1.79. The molecule has 11 heavy (non-hydrogen) atoms. The van der Waals surface area contributed by atoms with Crippen LogP contribution in [0.25, 0.3) is 0 Å². The van der Waals surface area contributed by atoms with Crippen LogP contribution in [-0.2, 0) is 0 Å². The Hall–Kier alpha value is -0.120. The molecule has 0 aromatic carbocycles. The van der Waals surface area contributed by atoms with E-state index in [4.69, 9.17) is 5.11 Å². The number of likely N-dealkylation sites (N-methyl/N-ethyl adjacent to an activating group) is 1. The predicted octanol–water partition coefficient (Wildman–Crippen LogP) is 0.310. The highest BCUT2D eigenvalue weighted by molar-refractivity contribution is 4.76. The SMILES string of the molecule is CCN1CCC(CO)N1CC. The van der Waals surface area contributed by atoms with Crippen molar-refractivity contribution in [3.8, 4) is 0 Å². The molecule has 3 heteroatoms. The predicted molar refractivity (Wildman–Crippen MR) is 45.1 cm³/mol. The minimum absolute atomic E-state index is 0.296. The average Bonchev–Trinajstić information content (AvgIpc) is 2.45. The summed E-state index contributed by atoms with van der Waals surface area (Å²) in [6.45, 7) is 7.77. The van der Waals surface area contributed by atoms with Gasteiger partial charge >= 0.3 is 0 Å². The first kappa shape index (κ1) is 8.97. The summed E-state index contributed by atoms with van der Waals surface area (Å²) in [5.41, 5.74) is 0. The maximum Gasteiger partial charge on any atom is 0.0601 e. The summed E-state index contributed by atoms with van der Waals surface area (Å²) in [6, 6.07) is 0.375. The topological polar surface area (TPSA) is 26.7 Å². The van der Waals surface area contributed by atoms with E-state index in [1.807, 2.05) is 0 Å². The van der Waals surface area contributed by atoms with Crippen molar-refractivity contribution in [1.29, 1.82) is 0 Å². The van der Waals surface area contributed by atoms with E-state index in [0.29, 0.717) is 12.6 Å². The van der Waals surface area contributed by atoms with E-state index in [0.717, 1.165) is 26.1 Å². The molecule has 1 aliphatic rings. The van der Waals surface area contributed by atoms with E-state index in [1.165, 1.54) is 0 Å². The van der Waals surface area contributed by atoms with Gasteiger partial charge in [0.15, 0.2) is 0 Å². The lowest BCUT2D eigenvalue weighted by atomic mass is 10.2. The number of nitrogens with zero attached hydrogens (tertiary/aromatic N) is 2. The molecular formula is C8H18N2O. The summed E-state index contributed by atoms with van der Waals surface area (Å²) in [4.78, 5) is 0. The molecule has 0 amide bonds. The van der Waals surface area contributed by atoms with E-state index in [9.17, 15) is 0 Å². The van der Waals surface area contributed by atoms with Crippen LogP contribution < -0.4 is 0 Å². The zero-order chi connectivity index (χ0) is 8.27. The van der Waals surface area contributed by atoms with Gasteiger partial charge in [-0.3, -0.25) is 0 Å². The smallest absolute Gasteiger partial charge is 0.0601 e. The Balaban J connectivity index is 2.48. The van der Waals surface area contributed by atoms with Crippen molar-refractivity contribution in [3.05, 3.63) is 0 Å². The molecular weight excluding hydrogens is 140 g/mol. The highest BCUT2D eigenvalue weighted by Gasteiger charge is 2.28. The fourth-order valence-corrected chi connectivity index (χ4v) is 1.79. The lowest BCUT2D eigenvalue weighted by Crippen LogP contribution is -2.42. The third kappa shape index (κ3) is 1.72. The van der Waals surface area contributed by atoms with Crippen molar-refractivity contribution in [2.45, 2.75) is 26.3 Å². The van der Waals surface area contributed by atoms with Gasteiger partial charge in [-0.1, -0.05) is 13.8 Å². The van der Waals surface area contributed by atoms with Crippen LogP contribution in [0.15, 0.2) is 0 Å². The molecule has 0 radical (unpaired) electrons. The Kier molecular flexibility index (Phi) is 3.30. The largest absolute Gasteiger partial charge is 0.395 e. The van der Waals surface area contributed by atoms with Crippen molar-refractivity contribution < 1.29 is 5.11 Å². The summed E-state index contributed by atoms with van der Waals surface area (Å²) in [7, 11) is 0. The second kappa shape index (κ2) is 4.04. The Morgan fingerprint density at radius 2 is 2.09 bits per heavy atom. The first-order chi connectivity index (χ1) is 5.33. The van der Waals surface area contributed by atoms with Gasteiger partial charge in [0.1, 0.15) is 0 Å². The van der Waals surface area contributed by atoms with E-state index in [2.05, 4.69) is 23.9 Å². The lowest BCUT2D eigenvalue weighted by Gasteiger charge is -2.29. The second-order valence-corrected chi connectivity index (χ2v) is 2.93. The third-order valence-electron chi connectivity index (χ3n) is 2.41. The summed E-state index contributed by atoms with van der Waals surface area (Å²) in [6.07, 6.45) is 1.11. The van der Waals surface area contributed by atoms with Crippen molar-refractivity contribution in [3.63, 3.8) is 0 Å². The lowest BCUT2D eigenvalue weighted by molar-refractivity contribution is -0.00935. The van der Waals surface area contributed by atoms with Gasteiger partial charge in [-0.05, 0) is 6.42 Å². The number of hydrazine groups is 1. The monoisotopic (exact) mass is 158 g/mol. The van der Waals surface area contributed by atoms with Gasteiger partial charge in [0, 0.05) is 25.7 Å². The van der Waals surface area contributed by atoms with Gasteiger partial charge in [0.25, 0.3) is 0 Å². The molecule has 1 N–H and O–H groups in total. The maximum absolute atomic E-state index is 9.01. The molecule has 1 atom stereocenters. The molecule has 66 valence electrons. The molecule has 1 rings (SSSR count). The van der Waals surface area contributed by atoms with Crippen molar-refractivity contribution in [1.82, 2.24) is 10.0 Å². The van der Waals surface area contributed by atoms with Crippen LogP contribution in [0, 0.1) is 0 Å². The summed E-state index contributed by atoms with van der Waals surface area (Å²) in [5, 5.41) is 13.6. The highest BCUT2D eigenvalue weighted by Crippen LogP contribution is 2.16. The van der Waals surface area contributed by atoms with Crippen molar-refractivity contribution >= 4 is 0 Å². The molecule has 0 spiro atoms. The zero-order valence-corrected chi connectivity index (χ0v) is 7.45. The first-order valence-electron chi connectivity index (χ1n) is 4.45. The summed E-state index contributed by atoms with van der Waals surface area (Å²) < 4.78 is 0. The van der Waals surface area contributed by atoms with Gasteiger partial charge < -0.3 is 5.11 Å². The van der Waals surface area contributed by atoms with Gasteiger partial charge in [-0.25, -0.2) is 10.0 Å². The molecule has 1 fully saturated rings. The first-order valence-corrected chi connectivity index (χ1v) is 4.45. The summed E-state index contributed by atoms with van der Waals surface area (Å²) in [5.74, 6) is 0. The van der Waals surface area contributed by atoms with Crippen LogP contribution in [-0.4, -0.2) is 47.4 Å².